The Morgan fingerprint density at radius 3 is 2.33 bits per heavy atom. The lowest BCUT2D eigenvalue weighted by Crippen LogP contribution is -2.33. The fourth-order valence-electron chi connectivity index (χ4n) is 2.37. The largest absolute Gasteiger partial charge is 0.479 e. The molecule has 2 rings (SSSR count). The summed E-state index contributed by atoms with van der Waals surface area (Å²) in [6.07, 6.45) is 0.561. The summed E-state index contributed by atoms with van der Waals surface area (Å²) in [5.74, 6) is -1.79. The topological polar surface area (TPSA) is 66.4 Å². The highest BCUT2D eigenvalue weighted by molar-refractivity contribution is 5.84. The Hall–Kier alpha value is -2.69. The number of aryl methyl sites for hydroxylation is 3. The zero-order valence-electron chi connectivity index (χ0n) is 13.7. The summed E-state index contributed by atoms with van der Waals surface area (Å²) in [5.41, 5.74) is 3.40. The van der Waals surface area contributed by atoms with E-state index < -0.39 is 12.0 Å². The van der Waals surface area contributed by atoms with Gasteiger partial charge in [-0.05, 0) is 54.7 Å². The molecule has 0 spiro atoms. The molecule has 24 heavy (non-hydrogen) atoms. The lowest BCUT2D eigenvalue weighted by Gasteiger charge is -2.16. The van der Waals surface area contributed by atoms with Gasteiger partial charge in [0.15, 0.2) is 6.04 Å². The molecule has 4 nitrogen and oxygen atoms in total. The number of hydrogen-bond donors (Lipinski definition) is 2. The maximum Gasteiger partial charge on any atom is 0.330 e. The molecule has 1 unspecified atom stereocenters. The number of carboxylic acids is 1. The molecule has 1 atom stereocenters. The zero-order valence-corrected chi connectivity index (χ0v) is 13.7. The van der Waals surface area contributed by atoms with Gasteiger partial charge in [0.25, 0.3) is 0 Å². The molecule has 0 heterocycles. The summed E-state index contributed by atoms with van der Waals surface area (Å²) in [4.78, 5) is 23.6. The van der Waals surface area contributed by atoms with Crippen LogP contribution in [0.15, 0.2) is 42.5 Å². The summed E-state index contributed by atoms with van der Waals surface area (Å²) in [6, 6.07) is 10.1. The van der Waals surface area contributed by atoms with Gasteiger partial charge in [-0.25, -0.2) is 9.18 Å². The molecule has 5 heteroatoms. The minimum absolute atomic E-state index is 0.139. The van der Waals surface area contributed by atoms with Crippen LogP contribution < -0.4 is 5.32 Å². The van der Waals surface area contributed by atoms with Crippen LogP contribution in [0.4, 0.5) is 4.39 Å². The Kier molecular flexibility index (Phi) is 5.68. The standard InChI is InChI=1S/C19H20FNO3/c1-12-3-7-15(11-13(12)2)18(19(23)24)21-17(22)10-6-14-4-8-16(20)9-5-14/h3-5,7-9,11,18H,6,10H2,1-2H3,(H,21,22)(H,23,24). The molecule has 0 saturated heterocycles. The zero-order chi connectivity index (χ0) is 17.7. The minimum Gasteiger partial charge on any atom is -0.479 e. The second-order valence-corrected chi connectivity index (χ2v) is 5.81. The number of carboxylic acid groups (broad SMARTS) is 1. The first-order chi connectivity index (χ1) is 11.4. The third-order valence-electron chi connectivity index (χ3n) is 3.97. The fourth-order valence-corrected chi connectivity index (χ4v) is 2.37. The van der Waals surface area contributed by atoms with E-state index in [1.165, 1.54) is 12.1 Å². The molecular formula is C19H20FNO3. The van der Waals surface area contributed by atoms with Crippen LogP contribution in [0, 0.1) is 19.7 Å². The number of carbonyl (C=O) groups excluding carboxylic acids is 1. The van der Waals surface area contributed by atoms with Crippen LogP contribution in [-0.4, -0.2) is 17.0 Å². The van der Waals surface area contributed by atoms with Crippen molar-refractivity contribution in [1.82, 2.24) is 5.32 Å². The number of carbonyl (C=O) groups is 2. The molecule has 126 valence electrons. The molecule has 0 saturated carbocycles. The lowest BCUT2D eigenvalue weighted by atomic mass is 10.0. The number of benzene rings is 2. The van der Waals surface area contributed by atoms with Crippen molar-refractivity contribution in [2.75, 3.05) is 0 Å². The highest BCUT2D eigenvalue weighted by Crippen LogP contribution is 2.18. The van der Waals surface area contributed by atoms with Crippen molar-refractivity contribution < 1.29 is 19.1 Å². The molecule has 2 N–H and O–H groups in total. The number of nitrogens with one attached hydrogen (secondary N) is 1. The molecule has 2 aromatic carbocycles. The van der Waals surface area contributed by atoms with Crippen LogP contribution in [0.5, 0.6) is 0 Å². The van der Waals surface area contributed by atoms with E-state index in [0.29, 0.717) is 12.0 Å². The van der Waals surface area contributed by atoms with Gasteiger partial charge in [-0.3, -0.25) is 4.79 Å². The summed E-state index contributed by atoms with van der Waals surface area (Å²) < 4.78 is 12.9. The van der Waals surface area contributed by atoms with E-state index in [9.17, 15) is 19.1 Å². The maximum absolute atomic E-state index is 12.9. The van der Waals surface area contributed by atoms with Crippen molar-refractivity contribution in [1.29, 1.82) is 0 Å². The van der Waals surface area contributed by atoms with E-state index in [-0.39, 0.29) is 18.1 Å². The first-order valence-electron chi connectivity index (χ1n) is 7.70. The molecule has 1 amide bonds. The molecule has 0 bridgehead atoms. The van der Waals surface area contributed by atoms with Gasteiger partial charge in [-0.1, -0.05) is 30.3 Å². The number of halogens is 1. The second kappa shape index (κ2) is 7.73. The van der Waals surface area contributed by atoms with Gasteiger partial charge in [-0.2, -0.15) is 0 Å². The van der Waals surface area contributed by atoms with Crippen molar-refractivity contribution >= 4 is 11.9 Å². The van der Waals surface area contributed by atoms with E-state index in [1.807, 2.05) is 19.9 Å². The molecule has 0 aromatic heterocycles. The van der Waals surface area contributed by atoms with E-state index in [0.717, 1.165) is 16.7 Å². The van der Waals surface area contributed by atoms with E-state index >= 15 is 0 Å². The van der Waals surface area contributed by atoms with Crippen molar-refractivity contribution in [3.63, 3.8) is 0 Å². The number of rotatable bonds is 6. The second-order valence-electron chi connectivity index (χ2n) is 5.81. The summed E-state index contributed by atoms with van der Waals surface area (Å²) >= 11 is 0. The van der Waals surface area contributed by atoms with Crippen LogP contribution in [0.3, 0.4) is 0 Å². The number of hydrogen-bond acceptors (Lipinski definition) is 2. The fraction of sp³-hybridized carbons (Fsp3) is 0.263. The Morgan fingerprint density at radius 2 is 1.75 bits per heavy atom. The van der Waals surface area contributed by atoms with Crippen molar-refractivity contribution in [3.05, 3.63) is 70.5 Å². The van der Waals surface area contributed by atoms with E-state index in [1.54, 1.807) is 24.3 Å². The number of aliphatic carboxylic acids is 1. The average molecular weight is 329 g/mol. The highest BCUT2D eigenvalue weighted by Gasteiger charge is 2.22. The van der Waals surface area contributed by atoms with Crippen molar-refractivity contribution in [3.8, 4) is 0 Å². The first kappa shape index (κ1) is 17.7. The Labute approximate surface area is 140 Å². The number of amides is 1. The van der Waals surface area contributed by atoms with Gasteiger partial charge in [-0.15, -0.1) is 0 Å². The van der Waals surface area contributed by atoms with Crippen LogP contribution in [0.2, 0.25) is 0 Å². The van der Waals surface area contributed by atoms with E-state index in [2.05, 4.69) is 5.32 Å². The third kappa shape index (κ3) is 4.65. The highest BCUT2D eigenvalue weighted by atomic mass is 19.1. The maximum atomic E-state index is 12.9. The van der Waals surface area contributed by atoms with Crippen LogP contribution in [0.25, 0.3) is 0 Å². The third-order valence-corrected chi connectivity index (χ3v) is 3.97. The molecular weight excluding hydrogens is 309 g/mol. The average Bonchev–Trinajstić information content (AvgIpc) is 2.54. The minimum atomic E-state index is -1.10. The van der Waals surface area contributed by atoms with Gasteiger partial charge >= 0.3 is 5.97 Å². The SMILES string of the molecule is Cc1ccc(C(NC(=O)CCc2ccc(F)cc2)C(=O)O)cc1C. The van der Waals surface area contributed by atoms with Gasteiger partial charge in [0.2, 0.25) is 5.91 Å². The monoisotopic (exact) mass is 329 g/mol. The normalized spacial score (nSPS) is 11.8. The van der Waals surface area contributed by atoms with Crippen molar-refractivity contribution in [2.24, 2.45) is 0 Å². The van der Waals surface area contributed by atoms with Gasteiger partial charge in [0.05, 0.1) is 0 Å². The Bertz CT molecular complexity index is 741. The molecule has 0 aliphatic heterocycles. The van der Waals surface area contributed by atoms with Gasteiger partial charge < -0.3 is 10.4 Å². The van der Waals surface area contributed by atoms with Crippen LogP contribution in [0.1, 0.15) is 34.7 Å². The summed E-state index contributed by atoms with van der Waals surface area (Å²) in [6.45, 7) is 3.84. The first-order valence-corrected chi connectivity index (χ1v) is 7.70. The smallest absolute Gasteiger partial charge is 0.330 e. The quantitative estimate of drug-likeness (QED) is 0.854. The predicted molar refractivity (Wildman–Crippen MR) is 89.2 cm³/mol. The van der Waals surface area contributed by atoms with Crippen molar-refractivity contribution in [2.45, 2.75) is 32.7 Å². The molecule has 2 aromatic rings. The predicted octanol–water partition coefficient (Wildman–Crippen LogP) is 3.32. The van der Waals surface area contributed by atoms with Crippen LogP contribution >= 0.6 is 0 Å². The Morgan fingerprint density at radius 1 is 1.08 bits per heavy atom. The Balaban J connectivity index is 2.01. The lowest BCUT2D eigenvalue weighted by molar-refractivity contribution is -0.142. The molecule has 0 radical (unpaired) electrons. The molecule has 0 aliphatic rings. The van der Waals surface area contributed by atoms with Gasteiger partial charge in [0.1, 0.15) is 5.82 Å². The van der Waals surface area contributed by atoms with Crippen LogP contribution in [-0.2, 0) is 16.0 Å². The molecule has 0 fully saturated rings. The molecule has 0 aliphatic carbocycles. The summed E-state index contributed by atoms with van der Waals surface area (Å²) in [7, 11) is 0. The van der Waals surface area contributed by atoms with E-state index in [4.69, 9.17) is 0 Å². The summed E-state index contributed by atoms with van der Waals surface area (Å²) in [5, 5.41) is 11.9. The van der Waals surface area contributed by atoms with Gasteiger partial charge in [0, 0.05) is 6.42 Å².